The normalized spacial score (nSPS) is 15.2. The van der Waals surface area contributed by atoms with Crippen molar-refractivity contribution in [2.45, 2.75) is 22.0 Å². The third-order valence-electron chi connectivity index (χ3n) is 5.52. The molecule has 0 aliphatic carbocycles. The zero-order valence-electron chi connectivity index (χ0n) is 16.7. The van der Waals surface area contributed by atoms with Crippen molar-refractivity contribution in [1.29, 1.82) is 0 Å². The number of primary sulfonamides is 1. The third-order valence-corrected chi connectivity index (χ3v) is 8.81. The van der Waals surface area contributed by atoms with Crippen molar-refractivity contribution in [3.05, 3.63) is 36.0 Å². The summed E-state index contributed by atoms with van der Waals surface area (Å²) < 4.78 is 51.9. The van der Waals surface area contributed by atoms with Gasteiger partial charge in [-0.15, -0.1) is 10.2 Å². The van der Waals surface area contributed by atoms with Crippen LogP contribution in [0.3, 0.4) is 0 Å². The van der Waals surface area contributed by atoms with Crippen LogP contribution in [0.25, 0.3) is 33.4 Å². The van der Waals surface area contributed by atoms with E-state index in [9.17, 15) is 16.8 Å². The number of hydrogen-bond donors (Lipinski definition) is 4. The number of aromatic amines is 2. The molecular formula is C18H18N8O4S2. The number of H-pyrrole nitrogens is 2. The van der Waals surface area contributed by atoms with Crippen LogP contribution in [0.15, 0.2) is 40.1 Å². The molecule has 12 nitrogen and oxygen atoms in total. The molecule has 0 atom stereocenters. The summed E-state index contributed by atoms with van der Waals surface area (Å²) in [5.41, 5.74) is 2.53. The average molecular weight is 475 g/mol. The fourth-order valence-corrected chi connectivity index (χ4v) is 6.95. The lowest BCUT2D eigenvalue weighted by molar-refractivity contribution is 0.493. The van der Waals surface area contributed by atoms with E-state index >= 15 is 0 Å². The molecule has 0 spiro atoms. The van der Waals surface area contributed by atoms with Crippen LogP contribution in [0.1, 0.15) is 5.69 Å². The van der Waals surface area contributed by atoms with Gasteiger partial charge in [-0.1, -0.05) is 12.1 Å². The molecule has 4 aromatic rings. The summed E-state index contributed by atoms with van der Waals surface area (Å²) in [6.45, 7) is 2.31. The SMILES string of the molecule is Cc1[nH]nc2ccc(-c3ccc(S(=O)(=O)C4CNC4)c(S(N)(=O)=O)c3-c3nn[nH]n3)cc12. The topological polar surface area (TPSA) is 189 Å². The predicted molar refractivity (Wildman–Crippen MR) is 115 cm³/mol. The number of nitrogens with zero attached hydrogens (tertiary/aromatic N) is 4. The van der Waals surface area contributed by atoms with E-state index in [1.807, 2.05) is 13.0 Å². The van der Waals surface area contributed by atoms with E-state index in [2.05, 4.69) is 36.1 Å². The number of rotatable bonds is 5. The molecule has 0 amide bonds. The quantitative estimate of drug-likeness (QED) is 0.311. The molecular weight excluding hydrogens is 456 g/mol. The molecule has 0 bridgehead atoms. The minimum absolute atomic E-state index is 0.0323. The second-order valence-corrected chi connectivity index (χ2v) is 11.2. The van der Waals surface area contributed by atoms with E-state index in [1.165, 1.54) is 12.1 Å². The van der Waals surface area contributed by atoms with Crippen LogP contribution in [-0.2, 0) is 19.9 Å². The van der Waals surface area contributed by atoms with E-state index in [0.29, 0.717) is 11.1 Å². The Kier molecular flexibility index (Phi) is 4.63. The minimum atomic E-state index is -4.50. The second-order valence-electron chi connectivity index (χ2n) is 7.50. The molecule has 1 fully saturated rings. The first kappa shape index (κ1) is 20.7. The molecule has 2 aromatic carbocycles. The standard InChI is InChI=1S/C18H18N8O4S2/c1-9-13-6-10(2-4-14(13)22-21-9)12-3-5-15(31(27,28)11-7-20-8-11)17(32(19,29)30)16(12)18-23-25-26-24-18/h2-6,11,20H,7-8H2,1H3,(H,21,22)(H2,19,29,30)(H,23,24,25,26). The lowest BCUT2D eigenvalue weighted by Gasteiger charge is -2.28. The molecule has 1 aliphatic heterocycles. The molecule has 2 aromatic heterocycles. The van der Waals surface area contributed by atoms with Gasteiger partial charge in [0.15, 0.2) is 9.84 Å². The van der Waals surface area contributed by atoms with Crippen molar-refractivity contribution in [3.8, 4) is 22.5 Å². The predicted octanol–water partition coefficient (Wildman–Crippen LogP) is 0.111. The van der Waals surface area contributed by atoms with Crippen molar-refractivity contribution in [3.63, 3.8) is 0 Å². The zero-order chi connectivity index (χ0) is 22.7. The summed E-state index contributed by atoms with van der Waals surface area (Å²) in [5.74, 6) is -0.0863. The maximum absolute atomic E-state index is 13.2. The number of benzene rings is 2. The lowest BCUT2D eigenvalue weighted by Crippen LogP contribution is -2.51. The average Bonchev–Trinajstić information content (AvgIpc) is 3.34. The third kappa shape index (κ3) is 3.19. The Morgan fingerprint density at radius 1 is 1.06 bits per heavy atom. The largest absolute Gasteiger partial charge is 0.314 e. The number of fused-ring (bicyclic) bond motifs is 1. The Labute approximate surface area is 182 Å². The minimum Gasteiger partial charge on any atom is -0.314 e. The number of aryl methyl sites for hydroxylation is 1. The van der Waals surface area contributed by atoms with Crippen molar-refractivity contribution in [2.24, 2.45) is 5.14 Å². The molecule has 166 valence electrons. The Balaban J connectivity index is 1.87. The van der Waals surface area contributed by atoms with Gasteiger partial charge >= 0.3 is 0 Å². The number of sulfone groups is 1. The van der Waals surface area contributed by atoms with Crippen LogP contribution in [-0.4, -0.2) is 66.0 Å². The van der Waals surface area contributed by atoms with Gasteiger partial charge in [-0.05, 0) is 41.5 Å². The molecule has 1 saturated heterocycles. The van der Waals surface area contributed by atoms with E-state index in [4.69, 9.17) is 5.14 Å². The monoisotopic (exact) mass is 474 g/mol. The highest BCUT2D eigenvalue weighted by Crippen LogP contribution is 2.40. The van der Waals surface area contributed by atoms with Gasteiger partial charge in [0.05, 0.1) is 21.2 Å². The Morgan fingerprint density at radius 3 is 2.47 bits per heavy atom. The molecule has 14 heteroatoms. The van der Waals surface area contributed by atoms with Gasteiger partial charge in [-0.3, -0.25) is 5.10 Å². The van der Waals surface area contributed by atoms with Crippen LogP contribution in [0.4, 0.5) is 0 Å². The summed E-state index contributed by atoms with van der Waals surface area (Å²) >= 11 is 0. The van der Waals surface area contributed by atoms with Gasteiger partial charge in [0.25, 0.3) is 0 Å². The lowest BCUT2D eigenvalue weighted by atomic mass is 9.97. The molecule has 5 N–H and O–H groups in total. The molecule has 0 saturated carbocycles. The first-order valence-electron chi connectivity index (χ1n) is 9.51. The molecule has 3 heterocycles. The Hall–Kier alpha value is -3.20. The van der Waals surface area contributed by atoms with Gasteiger partial charge in [0.2, 0.25) is 15.8 Å². The summed E-state index contributed by atoms with van der Waals surface area (Å²) in [6.07, 6.45) is 0. The summed E-state index contributed by atoms with van der Waals surface area (Å²) in [6, 6.07) is 8.16. The van der Waals surface area contributed by atoms with Crippen molar-refractivity contribution < 1.29 is 16.8 Å². The molecule has 32 heavy (non-hydrogen) atoms. The highest BCUT2D eigenvalue weighted by atomic mass is 32.2. The van der Waals surface area contributed by atoms with Crippen LogP contribution in [0, 0.1) is 6.92 Å². The number of nitrogens with two attached hydrogens (primary N) is 1. The summed E-state index contributed by atoms with van der Waals surface area (Å²) in [4.78, 5) is -0.928. The second kappa shape index (κ2) is 7.16. The molecule has 0 radical (unpaired) electrons. The molecule has 5 rings (SSSR count). The molecule has 0 unspecified atom stereocenters. The number of sulfonamides is 1. The zero-order valence-corrected chi connectivity index (χ0v) is 18.3. The highest BCUT2D eigenvalue weighted by Gasteiger charge is 2.38. The fraction of sp³-hybridized carbons (Fsp3) is 0.222. The van der Waals surface area contributed by atoms with Gasteiger partial charge in [0, 0.05) is 24.2 Å². The van der Waals surface area contributed by atoms with Gasteiger partial charge in [0.1, 0.15) is 4.90 Å². The maximum atomic E-state index is 13.2. The van der Waals surface area contributed by atoms with E-state index in [0.717, 1.165) is 16.6 Å². The smallest absolute Gasteiger partial charge is 0.240 e. The van der Waals surface area contributed by atoms with Gasteiger partial charge in [-0.25, -0.2) is 22.0 Å². The van der Waals surface area contributed by atoms with Crippen LogP contribution < -0.4 is 10.5 Å². The van der Waals surface area contributed by atoms with Gasteiger partial charge in [-0.2, -0.15) is 10.3 Å². The summed E-state index contributed by atoms with van der Waals surface area (Å²) in [5, 5.41) is 29.3. The number of aromatic nitrogens is 6. The fourth-order valence-electron chi connectivity index (χ4n) is 3.77. The van der Waals surface area contributed by atoms with Crippen molar-refractivity contribution in [1.82, 2.24) is 36.1 Å². The number of nitrogens with one attached hydrogen (secondary N) is 3. The van der Waals surface area contributed by atoms with Crippen molar-refractivity contribution >= 4 is 30.8 Å². The first-order valence-corrected chi connectivity index (χ1v) is 12.6. The highest BCUT2D eigenvalue weighted by molar-refractivity contribution is 7.94. The summed E-state index contributed by atoms with van der Waals surface area (Å²) in [7, 11) is -8.48. The van der Waals surface area contributed by atoms with Crippen molar-refractivity contribution in [2.75, 3.05) is 13.1 Å². The van der Waals surface area contributed by atoms with E-state index < -0.39 is 30.0 Å². The van der Waals surface area contributed by atoms with Crippen LogP contribution in [0.5, 0.6) is 0 Å². The number of tetrazole rings is 1. The van der Waals surface area contributed by atoms with Crippen LogP contribution in [0.2, 0.25) is 0 Å². The van der Waals surface area contributed by atoms with E-state index in [-0.39, 0.29) is 29.4 Å². The first-order chi connectivity index (χ1) is 15.2. The molecule has 1 aliphatic rings. The van der Waals surface area contributed by atoms with Gasteiger partial charge < -0.3 is 5.32 Å². The Bertz CT molecular complexity index is 1560. The van der Waals surface area contributed by atoms with E-state index in [1.54, 1.807) is 12.1 Å². The maximum Gasteiger partial charge on any atom is 0.240 e. The number of hydrogen-bond acceptors (Lipinski definition) is 9. The Morgan fingerprint density at radius 2 is 1.84 bits per heavy atom. The van der Waals surface area contributed by atoms with Crippen LogP contribution >= 0.6 is 0 Å².